The molecule has 0 unspecified atom stereocenters. The fraction of sp³-hybridized carbons (Fsp3) is 0.111. The van der Waals surface area contributed by atoms with Crippen LogP contribution in [0.5, 0.6) is 0 Å². The van der Waals surface area contributed by atoms with Crippen LogP contribution in [0.4, 0.5) is 11.8 Å². The van der Waals surface area contributed by atoms with Crippen LogP contribution < -0.4 is 10.6 Å². The summed E-state index contributed by atoms with van der Waals surface area (Å²) in [5, 5.41) is 8.50. The second-order valence-corrected chi connectivity index (χ2v) is 7.10. The van der Waals surface area contributed by atoms with Gasteiger partial charge in [-0.25, -0.2) is 4.98 Å². The minimum atomic E-state index is 0.509. The van der Waals surface area contributed by atoms with E-state index < -0.39 is 0 Å². The van der Waals surface area contributed by atoms with Gasteiger partial charge in [-0.05, 0) is 41.5 Å². The van der Waals surface area contributed by atoms with Gasteiger partial charge in [0, 0.05) is 19.3 Å². The Bertz CT molecular complexity index is 847. The number of benzene rings is 2. The lowest BCUT2D eigenvalue weighted by atomic mass is 10.2. The number of hydrogen-bond donors (Lipinski definition) is 2. The molecule has 0 aliphatic heterocycles. The lowest BCUT2D eigenvalue weighted by molar-refractivity contribution is 1.03. The quantitative estimate of drug-likeness (QED) is 0.483. The largest absolute Gasteiger partial charge is 0.366 e. The maximum Gasteiger partial charge on any atom is 0.224 e. The Balaban J connectivity index is 1.60. The van der Waals surface area contributed by atoms with Crippen LogP contribution in [0, 0.1) is 0 Å². The molecule has 4 nitrogen and oxygen atoms in total. The first-order valence-electron chi connectivity index (χ1n) is 7.70. The summed E-state index contributed by atoms with van der Waals surface area (Å²) in [6.45, 7) is 1.10. The molecule has 8 heteroatoms. The van der Waals surface area contributed by atoms with E-state index in [-0.39, 0.29) is 0 Å². The van der Waals surface area contributed by atoms with E-state index in [4.69, 9.17) is 46.4 Å². The predicted octanol–water partition coefficient (Wildman–Crippen LogP) is 6.31. The third-order valence-electron chi connectivity index (χ3n) is 3.55. The standard InChI is InChI=1S/C18H14Cl4N4/c19-13-3-1-11(7-15(13)21)9-24-17-5-6-23-18(26-17)25-10-12-2-4-14(20)16(22)8-12/h1-8H,9-10H2,(H2,23,24,25,26). The van der Waals surface area contributed by atoms with Crippen LogP contribution >= 0.6 is 46.4 Å². The van der Waals surface area contributed by atoms with E-state index in [2.05, 4.69) is 20.6 Å². The second kappa shape index (κ2) is 8.78. The predicted molar refractivity (Wildman–Crippen MR) is 110 cm³/mol. The summed E-state index contributed by atoms with van der Waals surface area (Å²) in [4.78, 5) is 8.65. The molecule has 26 heavy (non-hydrogen) atoms. The third-order valence-corrected chi connectivity index (χ3v) is 5.03. The molecule has 0 bridgehead atoms. The van der Waals surface area contributed by atoms with Gasteiger partial charge in [0.25, 0.3) is 0 Å². The van der Waals surface area contributed by atoms with Crippen LogP contribution in [0.3, 0.4) is 0 Å². The van der Waals surface area contributed by atoms with Crippen molar-refractivity contribution in [1.29, 1.82) is 0 Å². The highest BCUT2D eigenvalue weighted by Gasteiger charge is 2.03. The average molecular weight is 428 g/mol. The molecule has 2 N–H and O–H groups in total. The first-order chi connectivity index (χ1) is 12.5. The van der Waals surface area contributed by atoms with E-state index in [0.717, 1.165) is 11.1 Å². The van der Waals surface area contributed by atoms with Crippen molar-refractivity contribution in [3.63, 3.8) is 0 Å². The van der Waals surface area contributed by atoms with E-state index in [1.165, 1.54) is 0 Å². The van der Waals surface area contributed by atoms with Crippen molar-refractivity contribution in [2.24, 2.45) is 0 Å². The Labute approximate surface area is 171 Å². The Morgan fingerprint density at radius 2 is 1.27 bits per heavy atom. The number of rotatable bonds is 6. The van der Waals surface area contributed by atoms with Crippen LogP contribution in [0.2, 0.25) is 20.1 Å². The van der Waals surface area contributed by atoms with Crippen molar-refractivity contribution in [1.82, 2.24) is 9.97 Å². The normalized spacial score (nSPS) is 10.6. The summed E-state index contributed by atoms with van der Waals surface area (Å²) >= 11 is 23.9. The number of halogens is 4. The number of hydrogen-bond acceptors (Lipinski definition) is 4. The maximum atomic E-state index is 6.03. The highest BCUT2D eigenvalue weighted by Crippen LogP contribution is 2.24. The van der Waals surface area contributed by atoms with Gasteiger partial charge in [-0.15, -0.1) is 0 Å². The van der Waals surface area contributed by atoms with E-state index in [1.807, 2.05) is 24.3 Å². The van der Waals surface area contributed by atoms with Gasteiger partial charge in [0.2, 0.25) is 5.95 Å². The number of aromatic nitrogens is 2. The molecule has 0 aliphatic carbocycles. The molecule has 0 fully saturated rings. The Hall–Kier alpha value is -1.72. The third kappa shape index (κ3) is 5.15. The molecule has 134 valence electrons. The van der Waals surface area contributed by atoms with Crippen molar-refractivity contribution >= 4 is 58.2 Å². The van der Waals surface area contributed by atoms with Crippen LogP contribution in [0.25, 0.3) is 0 Å². The lowest BCUT2D eigenvalue weighted by Crippen LogP contribution is -2.06. The monoisotopic (exact) mass is 426 g/mol. The van der Waals surface area contributed by atoms with Crippen LogP contribution in [0.1, 0.15) is 11.1 Å². The summed E-state index contributed by atoms with van der Waals surface area (Å²) in [5.41, 5.74) is 1.99. The van der Waals surface area contributed by atoms with Crippen LogP contribution in [0.15, 0.2) is 48.7 Å². The van der Waals surface area contributed by atoms with E-state index in [9.17, 15) is 0 Å². The zero-order chi connectivity index (χ0) is 18.5. The van der Waals surface area contributed by atoms with Gasteiger partial charge < -0.3 is 10.6 Å². The first-order valence-corrected chi connectivity index (χ1v) is 9.21. The summed E-state index contributed by atoms with van der Waals surface area (Å²) in [6, 6.07) is 12.8. The average Bonchev–Trinajstić information content (AvgIpc) is 2.64. The Morgan fingerprint density at radius 3 is 1.85 bits per heavy atom. The minimum absolute atomic E-state index is 0.509. The summed E-state index contributed by atoms with van der Waals surface area (Å²) in [7, 11) is 0. The molecule has 0 spiro atoms. The van der Waals surface area contributed by atoms with E-state index in [1.54, 1.807) is 24.4 Å². The number of nitrogens with zero attached hydrogens (tertiary/aromatic N) is 2. The molecule has 0 radical (unpaired) electrons. The van der Waals surface area contributed by atoms with Crippen molar-refractivity contribution in [3.8, 4) is 0 Å². The van der Waals surface area contributed by atoms with E-state index >= 15 is 0 Å². The van der Waals surface area contributed by atoms with Crippen LogP contribution in [-0.2, 0) is 13.1 Å². The molecule has 0 aliphatic rings. The molecular weight excluding hydrogens is 414 g/mol. The van der Waals surface area contributed by atoms with Gasteiger partial charge in [0.05, 0.1) is 20.1 Å². The van der Waals surface area contributed by atoms with Crippen molar-refractivity contribution in [3.05, 3.63) is 79.9 Å². The molecule has 0 saturated heterocycles. The molecule has 0 atom stereocenters. The fourth-order valence-corrected chi connectivity index (χ4v) is 2.86. The van der Waals surface area contributed by atoms with Gasteiger partial charge in [-0.1, -0.05) is 58.5 Å². The second-order valence-electron chi connectivity index (χ2n) is 5.47. The van der Waals surface area contributed by atoms with Gasteiger partial charge in [0.15, 0.2) is 0 Å². The zero-order valence-electron chi connectivity index (χ0n) is 13.4. The smallest absolute Gasteiger partial charge is 0.224 e. The highest BCUT2D eigenvalue weighted by molar-refractivity contribution is 6.42. The van der Waals surface area contributed by atoms with Crippen molar-refractivity contribution in [2.45, 2.75) is 13.1 Å². The first kappa shape index (κ1) is 19.1. The SMILES string of the molecule is Clc1ccc(CNc2ccnc(NCc3ccc(Cl)c(Cl)c3)n2)cc1Cl. The molecule has 2 aromatic carbocycles. The molecule has 1 heterocycles. The van der Waals surface area contributed by atoms with Gasteiger partial charge in [-0.3, -0.25) is 0 Å². The topological polar surface area (TPSA) is 49.8 Å². The molecule has 0 saturated carbocycles. The lowest BCUT2D eigenvalue weighted by Gasteiger charge is -2.09. The number of nitrogens with one attached hydrogen (secondary N) is 2. The Morgan fingerprint density at radius 1 is 0.692 bits per heavy atom. The Kier molecular flexibility index (Phi) is 6.43. The molecule has 1 aromatic heterocycles. The van der Waals surface area contributed by atoms with Gasteiger partial charge in [0.1, 0.15) is 5.82 Å². The van der Waals surface area contributed by atoms with Crippen molar-refractivity contribution < 1.29 is 0 Å². The molecule has 3 rings (SSSR count). The van der Waals surface area contributed by atoms with E-state index in [0.29, 0.717) is 44.9 Å². The van der Waals surface area contributed by atoms with Crippen LogP contribution in [-0.4, -0.2) is 9.97 Å². The summed E-state index contributed by atoms with van der Waals surface area (Å²) in [5.74, 6) is 1.21. The van der Waals surface area contributed by atoms with Crippen molar-refractivity contribution in [2.75, 3.05) is 10.6 Å². The highest BCUT2D eigenvalue weighted by atomic mass is 35.5. The maximum absolute atomic E-state index is 6.03. The fourth-order valence-electron chi connectivity index (χ4n) is 2.22. The molecule has 3 aromatic rings. The summed E-state index contributed by atoms with van der Waals surface area (Å²) in [6.07, 6.45) is 1.68. The van der Waals surface area contributed by atoms with Gasteiger partial charge in [-0.2, -0.15) is 4.98 Å². The molecule has 0 amide bonds. The van der Waals surface area contributed by atoms with Gasteiger partial charge >= 0.3 is 0 Å². The minimum Gasteiger partial charge on any atom is -0.366 e. The number of anilines is 2. The molecular formula is C18H14Cl4N4. The summed E-state index contributed by atoms with van der Waals surface area (Å²) < 4.78 is 0. The zero-order valence-corrected chi connectivity index (χ0v) is 16.5.